The molecular formula is C34H39F6N7O8S2. The number of aryl methyl sites for hydroxylation is 3. The number of carboxylic acid groups (broad SMARTS) is 1. The van der Waals surface area contributed by atoms with Crippen LogP contribution in [0.3, 0.4) is 0 Å². The van der Waals surface area contributed by atoms with Gasteiger partial charge in [0.1, 0.15) is 36.3 Å². The number of urea groups is 1. The Bertz CT molecular complexity index is 2070. The van der Waals surface area contributed by atoms with E-state index in [1.165, 1.54) is 5.56 Å². The topological polar surface area (TPSA) is 206 Å². The van der Waals surface area contributed by atoms with E-state index < -0.39 is 27.8 Å². The van der Waals surface area contributed by atoms with Gasteiger partial charge in [0.15, 0.2) is 27.7 Å². The number of carboxylic acids is 1. The fourth-order valence-electron chi connectivity index (χ4n) is 5.46. The maximum atomic E-state index is 12.0. The lowest BCUT2D eigenvalue weighted by Gasteiger charge is -2.16. The van der Waals surface area contributed by atoms with Gasteiger partial charge >= 0.3 is 23.7 Å². The minimum atomic E-state index is -6.09. The Kier molecular flexibility index (Phi) is 15.2. The number of thiazole rings is 1. The average molecular weight is 852 g/mol. The summed E-state index contributed by atoms with van der Waals surface area (Å²) in [6.07, 6.45) is 2.82. The molecular weight excluding hydrogens is 813 g/mol. The molecule has 15 nitrogen and oxygen atoms in total. The third kappa shape index (κ3) is 13.0. The second kappa shape index (κ2) is 19.4. The number of nitrogens with zero attached hydrogens (tertiary/aromatic N) is 5. The van der Waals surface area contributed by atoms with E-state index in [-0.39, 0.29) is 12.1 Å². The van der Waals surface area contributed by atoms with Crippen LogP contribution in [0.5, 0.6) is 11.5 Å². The number of hydrogen-bond acceptors (Lipinski definition) is 11. The highest BCUT2D eigenvalue weighted by atomic mass is 32.2. The van der Waals surface area contributed by atoms with Crippen LogP contribution in [-0.2, 0) is 41.2 Å². The van der Waals surface area contributed by atoms with Crippen LogP contribution in [0.25, 0.3) is 16.3 Å². The molecule has 1 unspecified atom stereocenters. The van der Waals surface area contributed by atoms with Crippen molar-refractivity contribution < 1.29 is 68.2 Å². The summed E-state index contributed by atoms with van der Waals surface area (Å²) in [5.41, 5.74) is 5.36. The van der Waals surface area contributed by atoms with Gasteiger partial charge in [-0.2, -0.15) is 26.3 Å². The van der Waals surface area contributed by atoms with Crippen molar-refractivity contribution in [2.24, 2.45) is 12.8 Å². The van der Waals surface area contributed by atoms with Crippen LogP contribution in [-0.4, -0.2) is 100 Å². The Morgan fingerprint density at radius 3 is 2.47 bits per heavy atom. The van der Waals surface area contributed by atoms with E-state index in [0.717, 1.165) is 77.7 Å². The highest BCUT2D eigenvalue weighted by molar-refractivity contribution is 7.86. The minimum absolute atomic E-state index is 0.0438. The van der Waals surface area contributed by atoms with Gasteiger partial charge in [-0.15, -0.1) is 20.7 Å². The van der Waals surface area contributed by atoms with Crippen molar-refractivity contribution in [1.29, 1.82) is 0 Å². The van der Waals surface area contributed by atoms with Crippen LogP contribution < -0.4 is 25.2 Å². The number of fused-ring (bicyclic) bond motifs is 1. The van der Waals surface area contributed by atoms with Crippen LogP contribution in [0.15, 0.2) is 54.0 Å². The van der Waals surface area contributed by atoms with Gasteiger partial charge < -0.3 is 35.1 Å². The number of aliphatic carboxylic acids is 1. The van der Waals surface area contributed by atoms with Crippen LogP contribution in [0.2, 0.25) is 0 Å². The number of rotatable bonds is 13. The van der Waals surface area contributed by atoms with E-state index in [1.807, 2.05) is 34.6 Å². The number of nitrogens with two attached hydrogens (primary N) is 1. The normalized spacial score (nSPS) is 15.1. The van der Waals surface area contributed by atoms with Crippen LogP contribution in [0, 0.1) is 0 Å². The number of ether oxygens (including phenoxy) is 2. The third-order valence-electron chi connectivity index (χ3n) is 8.34. The fraction of sp³-hybridized carbons (Fsp3) is 0.441. The largest absolute Gasteiger partial charge is 0.741 e. The predicted octanol–water partition coefficient (Wildman–Crippen LogP) is 4.13. The molecule has 0 aliphatic carbocycles. The van der Waals surface area contributed by atoms with E-state index in [1.54, 1.807) is 16.2 Å². The lowest BCUT2D eigenvalue weighted by molar-refractivity contribution is -0.661. The number of hydrogen-bond donors (Lipinski definition) is 3. The van der Waals surface area contributed by atoms with E-state index in [0.29, 0.717) is 32.8 Å². The average Bonchev–Trinajstić information content (AvgIpc) is 3.94. The number of alkyl halides is 6. The molecule has 4 heterocycles. The maximum absolute atomic E-state index is 12.0. The van der Waals surface area contributed by atoms with Crippen molar-refractivity contribution in [3.8, 4) is 27.8 Å². The summed E-state index contributed by atoms with van der Waals surface area (Å²) in [6.45, 7) is 2.96. The minimum Gasteiger partial charge on any atom is -0.741 e. The Morgan fingerprint density at radius 2 is 1.86 bits per heavy atom. The molecule has 0 radical (unpaired) electrons. The number of benzene rings is 2. The second-order valence-corrected chi connectivity index (χ2v) is 14.7. The molecule has 23 heteroatoms. The molecule has 4 aromatic rings. The highest BCUT2D eigenvalue weighted by Crippen LogP contribution is 2.35. The summed E-state index contributed by atoms with van der Waals surface area (Å²) in [6, 6.07) is 14.4. The van der Waals surface area contributed by atoms with E-state index in [4.69, 9.17) is 48.3 Å². The second-order valence-electron chi connectivity index (χ2n) is 12.5. The zero-order chi connectivity index (χ0) is 42.0. The zero-order valence-corrected chi connectivity index (χ0v) is 31.9. The van der Waals surface area contributed by atoms with E-state index in [2.05, 4.69) is 41.2 Å². The molecule has 2 aliphatic rings. The standard InChI is InChI=1S/C31H37N7O3S.C2HF3O2.CHF3O3S/c1-36-25(7-4-5-13-32)20-38(35-36)24-10-12-27(29(19-24)40-17-16-37-15-14-33-31(37)39)30-34-23(21-42-30)9-11-26-18-22-6-2-3-8-28(22)41-26;3-2(4,5)1(6)7;2-1(3,4)8(5,6)7/h2-3,6,8,10,12,19-21,26H,4-5,7,9,11,13-18,32H2,1H3;(H,6,7);(H,5,6,7). The molecule has 312 valence electrons. The quantitative estimate of drug-likeness (QED) is 0.0574. The van der Waals surface area contributed by atoms with Crippen molar-refractivity contribution in [1.82, 2.24) is 25.1 Å². The Balaban J connectivity index is 0.000000408. The smallest absolute Gasteiger partial charge is 0.490 e. The van der Waals surface area contributed by atoms with Gasteiger partial charge in [0.05, 0.1) is 23.0 Å². The summed E-state index contributed by atoms with van der Waals surface area (Å²) < 4.78 is 107. The molecule has 0 bridgehead atoms. The molecule has 57 heavy (non-hydrogen) atoms. The molecule has 2 aliphatic heterocycles. The van der Waals surface area contributed by atoms with Crippen molar-refractivity contribution in [2.45, 2.75) is 56.3 Å². The first kappa shape index (κ1) is 44.7. The molecule has 2 amide bonds. The van der Waals surface area contributed by atoms with Crippen LogP contribution in [0.4, 0.5) is 31.1 Å². The first-order chi connectivity index (χ1) is 26.8. The summed E-state index contributed by atoms with van der Waals surface area (Å²) >= 11 is 1.62. The van der Waals surface area contributed by atoms with Gasteiger partial charge in [-0.3, -0.25) is 0 Å². The lowest BCUT2D eigenvalue weighted by Crippen LogP contribution is -2.33. The molecule has 0 spiro atoms. The van der Waals surface area contributed by atoms with Crippen molar-refractivity contribution in [3.05, 3.63) is 71.0 Å². The van der Waals surface area contributed by atoms with E-state index in [9.17, 15) is 31.1 Å². The first-order valence-corrected chi connectivity index (χ1v) is 19.5. The van der Waals surface area contributed by atoms with Gasteiger partial charge in [-0.25, -0.2) is 23.0 Å². The number of amides is 2. The van der Waals surface area contributed by atoms with Gasteiger partial charge in [-0.05, 0) is 56.0 Å². The highest BCUT2D eigenvalue weighted by Gasteiger charge is 2.38. The van der Waals surface area contributed by atoms with Crippen molar-refractivity contribution >= 4 is 33.5 Å². The number of halogens is 6. The Hall–Kier alpha value is -5.00. The molecule has 2 aromatic carbocycles. The summed E-state index contributed by atoms with van der Waals surface area (Å²) in [4.78, 5) is 27.7. The Labute approximate surface area is 326 Å². The summed E-state index contributed by atoms with van der Waals surface area (Å²) in [7, 11) is -4.12. The van der Waals surface area contributed by atoms with Gasteiger partial charge in [0.2, 0.25) is 0 Å². The zero-order valence-electron chi connectivity index (χ0n) is 30.3. The van der Waals surface area contributed by atoms with Gasteiger partial charge in [-0.1, -0.05) is 18.2 Å². The first-order valence-electron chi connectivity index (χ1n) is 17.2. The van der Waals surface area contributed by atoms with Gasteiger partial charge in [0.25, 0.3) is 0 Å². The van der Waals surface area contributed by atoms with Gasteiger partial charge in [0, 0.05) is 37.4 Å². The SMILES string of the molecule is Cn1n[n+](-c2ccc(-c3nc(CCC4Cc5ccccc5O4)cs3)c(OCCN3CCNC3=O)c2)cc1CCCCN.O=C(O)C(F)(F)F.O=S(=O)([O-])C(F)(F)F. The summed E-state index contributed by atoms with van der Waals surface area (Å²) in [5, 5.41) is 17.7. The van der Waals surface area contributed by atoms with Crippen LogP contribution in [0.1, 0.15) is 36.2 Å². The third-order valence-corrected chi connectivity index (χ3v) is 9.83. The maximum Gasteiger partial charge on any atom is 0.490 e. The molecule has 0 saturated carbocycles. The number of carbonyl (C=O) groups is 2. The fourth-order valence-corrected chi connectivity index (χ4v) is 6.35. The molecule has 1 saturated heterocycles. The number of aromatic nitrogens is 4. The van der Waals surface area contributed by atoms with Crippen molar-refractivity contribution in [2.75, 3.05) is 32.8 Å². The van der Waals surface area contributed by atoms with Crippen LogP contribution >= 0.6 is 11.3 Å². The lowest BCUT2D eigenvalue weighted by atomic mass is 10.1. The molecule has 4 N–H and O–H groups in total. The van der Waals surface area contributed by atoms with E-state index >= 15 is 0 Å². The number of unbranched alkanes of at least 4 members (excludes halogenated alkanes) is 1. The Morgan fingerprint density at radius 1 is 1.16 bits per heavy atom. The molecule has 1 fully saturated rings. The summed E-state index contributed by atoms with van der Waals surface area (Å²) in [5.74, 6) is -1.03. The monoisotopic (exact) mass is 851 g/mol. The molecule has 1 atom stereocenters. The molecule has 6 rings (SSSR count). The number of carbonyl (C=O) groups excluding carboxylic acids is 1. The number of nitrogens with one attached hydrogen (secondary N) is 1. The van der Waals surface area contributed by atoms with Crippen molar-refractivity contribution in [3.63, 3.8) is 0 Å². The predicted molar refractivity (Wildman–Crippen MR) is 191 cm³/mol. The number of para-hydroxylation sites is 1. The molecule has 2 aromatic heterocycles.